The second-order valence-corrected chi connectivity index (χ2v) is 6.95. The van der Waals surface area contributed by atoms with Gasteiger partial charge in [0.25, 0.3) is 0 Å². The number of hydrogen-bond acceptors (Lipinski definition) is 8. The average Bonchev–Trinajstić information content (AvgIpc) is 3.16. The quantitative estimate of drug-likeness (QED) is 0.673. The van der Waals surface area contributed by atoms with Crippen molar-refractivity contribution >= 4 is 22.8 Å². The van der Waals surface area contributed by atoms with Crippen LogP contribution in [0.1, 0.15) is 18.7 Å². The fourth-order valence-electron chi connectivity index (χ4n) is 3.59. The molecule has 2 N–H and O–H groups in total. The molecule has 1 saturated heterocycles. The van der Waals surface area contributed by atoms with Crippen molar-refractivity contribution in [2.75, 3.05) is 37.5 Å². The van der Waals surface area contributed by atoms with E-state index in [2.05, 4.69) is 37.4 Å². The Labute approximate surface area is 164 Å². The van der Waals surface area contributed by atoms with Gasteiger partial charge in [0.2, 0.25) is 5.95 Å². The molecule has 0 saturated carbocycles. The summed E-state index contributed by atoms with van der Waals surface area (Å²) in [4.78, 5) is 20.2. The summed E-state index contributed by atoms with van der Waals surface area (Å²) in [6.45, 7) is 3.67. The molecule has 3 atom stereocenters. The van der Waals surface area contributed by atoms with E-state index in [1.807, 2.05) is 43.6 Å². The summed E-state index contributed by atoms with van der Waals surface area (Å²) in [5.41, 5.74) is 2.74. The van der Waals surface area contributed by atoms with Crippen molar-refractivity contribution < 1.29 is 4.74 Å². The Morgan fingerprint density at radius 3 is 2.71 bits per heavy atom. The van der Waals surface area contributed by atoms with Crippen LogP contribution in [0.5, 0.6) is 0 Å². The maximum absolute atomic E-state index is 5.74. The Morgan fingerprint density at radius 2 is 1.93 bits per heavy atom. The summed E-state index contributed by atoms with van der Waals surface area (Å²) in [7, 11) is 3.57. The molecule has 1 aliphatic rings. The number of rotatable bonds is 6. The monoisotopic (exact) mass is 379 g/mol. The fraction of sp³-hybridized carbons (Fsp3) is 0.400. The molecule has 0 aliphatic carbocycles. The van der Waals surface area contributed by atoms with Gasteiger partial charge in [0.15, 0.2) is 0 Å². The normalized spacial score (nSPS) is 20.5. The molecular weight excluding hydrogens is 354 g/mol. The molecule has 1 aromatic carbocycles. The van der Waals surface area contributed by atoms with Crippen molar-refractivity contribution in [3.05, 3.63) is 48.4 Å². The van der Waals surface area contributed by atoms with Crippen molar-refractivity contribution in [2.24, 2.45) is 0 Å². The van der Waals surface area contributed by atoms with Crippen LogP contribution in [0.25, 0.3) is 11.0 Å². The van der Waals surface area contributed by atoms with Crippen LogP contribution >= 0.6 is 0 Å². The zero-order valence-corrected chi connectivity index (χ0v) is 16.3. The van der Waals surface area contributed by atoms with Crippen molar-refractivity contribution in [1.82, 2.24) is 25.3 Å². The van der Waals surface area contributed by atoms with Crippen LogP contribution in [-0.2, 0) is 4.74 Å². The lowest BCUT2D eigenvalue weighted by Gasteiger charge is -2.23. The minimum absolute atomic E-state index is 0.0537. The zero-order valence-electron chi connectivity index (χ0n) is 16.3. The van der Waals surface area contributed by atoms with E-state index in [1.54, 1.807) is 13.3 Å². The summed E-state index contributed by atoms with van der Waals surface area (Å²) in [6.07, 6.45) is 3.67. The van der Waals surface area contributed by atoms with Crippen molar-refractivity contribution in [1.29, 1.82) is 0 Å². The van der Waals surface area contributed by atoms with E-state index in [9.17, 15) is 0 Å². The number of nitrogens with zero attached hydrogens (tertiary/aromatic N) is 5. The van der Waals surface area contributed by atoms with E-state index in [1.165, 1.54) is 0 Å². The molecule has 0 radical (unpaired) electrons. The highest BCUT2D eigenvalue weighted by atomic mass is 16.5. The van der Waals surface area contributed by atoms with Gasteiger partial charge in [-0.25, -0.2) is 9.97 Å². The minimum atomic E-state index is 0.0537. The number of aromatic nitrogens is 4. The Morgan fingerprint density at radius 1 is 1.11 bits per heavy atom. The van der Waals surface area contributed by atoms with E-state index in [-0.39, 0.29) is 18.2 Å². The highest BCUT2D eigenvalue weighted by molar-refractivity contribution is 5.73. The molecule has 1 unspecified atom stereocenters. The molecule has 8 nitrogen and oxygen atoms in total. The number of hydrogen-bond donors (Lipinski definition) is 2. The first-order valence-electron chi connectivity index (χ1n) is 9.44. The predicted octanol–water partition coefficient (Wildman–Crippen LogP) is 2.02. The molecule has 146 valence electrons. The number of nitrogens with one attached hydrogen (secondary N) is 2. The molecule has 4 rings (SSSR count). The lowest BCUT2D eigenvalue weighted by atomic mass is 10.1. The molecule has 0 amide bonds. The average molecular weight is 379 g/mol. The summed E-state index contributed by atoms with van der Waals surface area (Å²) in [5, 5.41) is 6.65. The molecule has 1 fully saturated rings. The molecule has 0 spiro atoms. The van der Waals surface area contributed by atoms with Crippen molar-refractivity contribution in [2.45, 2.75) is 25.1 Å². The Balaban J connectivity index is 1.49. The molecule has 8 heteroatoms. The maximum atomic E-state index is 5.74. The van der Waals surface area contributed by atoms with Crippen LogP contribution in [0.3, 0.4) is 0 Å². The number of anilines is 2. The van der Waals surface area contributed by atoms with Gasteiger partial charge in [-0.2, -0.15) is 4.98 Å². The van der Waals surface area contributed by atoms with E-state index >= 15 is 0 Å². The second-order valence-electron chi connectivity index (χ2n) is 6.95. The van der Waals surface area contributed by atoms with E-state index in [0.717, 1.165) is 35.6 Å². The first kappa shape index (κ1) is 18.5. The predicted molar refractivity (Wildman–Crippen MR) is 109 cm³/mol. The SMILES string of the molecule is CNc1nccc(N2C[C@H](OC)[C@H](NC(C)c3cnc4ccccc4n3)C2)n1. The van der Waals surface area contributed by atoms with Crippen LogP contribution in [0.2, 0.25) is 0 Å². The van der Waals surface area contributed by atoms with Gasteiger partial charge in [-0.15, -0.1) is 0 Å². The molecule has 0 bridgehead atoms. The third-order valence-electron chi connectivity index (χ3n) is 5.13. The first-order valence-corrected chi connectivity index (χ1v) is 9.44. The highest BCUT2D eigenvalue weighted by Crippen LogP contribution is 2.23. The number of fused-ring (bicyclic) bond motifs is 1. The first-order chi connectivity index (χ1) is 13.7. The van der Waals surface area contributed by atoms with Gasteiger partial charge in [-0.3, -0.25) is 4.98 Å². The number of ether oxygens (including phenoxy) is 1. The third kappa shape index (κ3) is 3.74. The standard InChI is InChI=1S/C20H25N7O/c1-13(16-10-23-14-6-4-5-7-15(14)25-16)24-17-11-27(12-18(17)28-3)19-8-9-22-20(21-2)26-19/h4-10,13,17-18,24H,11-12H2,1-3H3,(H,21,22,26)/t13?,17-,18+/m1/s1. The minimum Gasteiger partial charge on any atom is -0.378 e. The Bertz CT molecular complexity index is 950. The zero-order chi connectivity index (χ0) is 19.5. The number of methoxy groups -OCH3 is 1. The van der Waals surface area contributed by atoms with Crippen molar-refractivity contribution in [3.63, 3.8) is 0 Å². The van der Waals surface area contributed by atoms with Gasteiger partial charge >= 0.3 is 0 Å². The third-order valence-corrected chi connectivity index (χ3v) is 5.13. The summed E-state index contributed by atoms with van der Waals surface area (Å²) >= 11 is 0. The lowest BCUT2D eigenvalue weighted by molar-refractivity contribution is 0.0937. The molecular formula is C20H25N7O. The van der Waals surface area contributed by atoms with Gasteiger partial charge in [0.05, 0.1) is 35.1 Å². The number of benzene rings is 1. The van der Waals surface area contributed by atoms with E-state index in [0.29, 0.717) is 5.95 Å². The van der Waals surface area contributed by atoms with Gasteiger partial charge in [0.1, 0.15) is 5.82 Å². The van der Waals surface area contributed by atoms with Crippen LogP contribution < -0.4 is 15.5 Å². The molecule has 1 aliphatic heterocycles. The van der Waals surface area contributed by atoms with Crippen molar-refractivity contribution in [3.8, 4) is 0 Å². The molecule has 3 heterocycles. The molecule has 2 aromatic heterocycles. The molecule has 28 heavy (non-hydrogen) atoms. The van der Waals surface area contributed by atoms with Crippen LogP contribution in [-0.4, -0.2) is 59.3 Å². The number of para-hydroxylation sites is 2. The second kappa shape index (κ2) is 8.04. The van der Waals surface area contributed by atoms with Crippen LogP contribution in [0, 0.1) is 0 Å². The van der Waals surface area contributed by atoms with Gasteiger partial charge in [-0.1, -0.05) is 12.1 Å². The van der Waals surface area contributed by atoms with E-state index < -0.39 is 0 Å². The molecule has 3 aromatic rings. The largest absolute Gasteiger partial charge is 0.378 e. The Kier molecular flexibility index (Phi) is 5.31. The highest BCUT2D eigenvalue weighted by Gasteiger charge is 2.34. The van der Waals surface area contributed by atoms with Crippen LogP contribution in [0.4, 0.5) is 11.8 Å². The summed E-state index contributed by atoms with van der Waals surface area (Å²) in [5.74, 6) is 1.51. The van der Waals surface area contributed by atoms with Crippen LogP contribution in [0.15, 0.2) is 42.7 Å². The van der Waals surface area contributed by atoms with Gasteiger partial charge in [-0.05, 0) is 25.1 Å². The smallest absolute Gasteiger partial charge is 0.224 e. The fourth-order valence-corrected chi connectivity index (χ4v) is 3.59. The summed E-state index contributed by atoms with van der Waals surface area (Å²) < 4.78 is 5.74. The lowest BCUT2D eigenvalue weighted by Crippen LogP contribution is -2.41. The van der Waals surface area contributed by atoms with Gasteiger partial charge < -0.3 is 20.3 Å². The van der Waals surface area contributed by atoms with E-state index in [4.69, 9.17) is 9.72 Å². The van der Waals surface area contributed by atoms with Gasteiger partial charge in [0, 0.05) is 39.5 Å². The Hall–Kier alpha value is -2.84. The maximum Gasteiger partial charge on any atom is 0.224 e. The summed E-state index contributed by atoms with van der Waals surface area (Å²) in [6, 6.07) is 10.0. The topological polar surface area (TPSA) is 88.1 Å².